The van der Waals surface area contributed by atoms with Gasteiger partial charge in [0.2, 0.25) is 0 Å². The number of hydrogen-bond acceptors (Lipinski definition) is 2. The first-order chi connectivity index (χ1) is 10.3. The molecule has 0 spiro atoms. The van der Waals surface area contributed by atoms with Crippen molar-refractivity contribution in [3.05, 3.63) is 24.8 Å². The molecule has 21 heavy (non-hydrogen) atoms. The van der Waals surface area contributed by atoms with Crippen LogP contribution < -0.4 is 0 Å². The number of rotatable bonds is 13. The van der Waals surface area contributed by atoms with Crippen LogP contribution in [0.5, 0.6) is 0 Å². The third kappa shape index (κ3) is 15.2. The Hall–Kier alpha value is -1.04. The summed E-state index contributed by atoms with van der Waals surface area (Å²) in [5.41, 5.74) is 0. The van der Waals surface area contributed by atoms with Gasteiger partial charge >= 0.3 is 0 Å². The Balaban J connectivity index is 3.76. The molecule has 0 saturated carbocycles. The second-order valence-electron chi connectivity index (χ2n) is 5.06. The van der Waals surface area contributed by atoms with E-state index in [4.69, 9.17) is 9.47 Å². The fourth-order valence-corrected chi connectivity index (χ4v) is 1.76. The van der Waals surface area contributed by atoms with Gasteiger partial charge in [0.25, 0.3) is 0 Å². The summed E-state index contributed by atoms with van der Waals surface area (Å²) >= 11 is 0. The van der Waals surface area contributed by atoms with Crippen LogP contribution in [0, 0.1) is 11.8 Å². The highest BCUT2D eigenvalue weighted by atomic mass is 16.7. The zero-order valence-electron chi connectivity index (χ0n) is 13.9. The van der Waals surface area contributed by atoms with E-state index in [0.29, 0.717) is 0 Å². The van der Waals surface area contributed by atoms with E-state index in [-0.39, 0.29) is 6.29 Å². The van der Waals surface area contributed by atoms with Crippen molar-refractivity contribution in [2.75, 3.05) is 13.2 Å². The molecule has 0 fully saturated rings. The Morgan fingerprint density at radius 1 is 0.952 bits per heavy atom. The summed E-state index contributed by atoms with van der Waals surface area (Å²) in [6, 6.07) is 0. The van der Waals surface area contributed by atoms with Gasteiger partial charge in [-0.05, 0) is 50.7 Å². The van der Waals surface area contributed by atoms with Gasteiger partial charge in [0.1, 0.15) is 0 Å². The molecular weight excluding hydrogens is 260 g/mol. The van der Waals surface area contributed by atoms with Crippen molar-refractivity contribution in [1.82, 2.24) is 0 Å². The molecule has 0 N–H and O–H groups in total. The lowest BCUT2D eigenvalue weighted by Crippen LogP contribution is -2.18. The fourth-order valence-electron chi connectivity index (χ4n) is 1.76. The molecule has 0 radical (unpaired) electrons. The molecule has 2 nitrogen and oxygen atoms in total. The third-order valence-corrected chi connectivity index (χ3v) is 3.05. The molecule has 0 unspecified atom stereocenters. The van der Waals surface area contributed by atoms with Crippen LogP contribution in [0.15, 0.2) is 24.8 Å². The van der Waals surface area contributed by atoms with Crippen molar-refractivity contribution in [3.63, 3.8) is 0 Å². The van der Waals surface area contributed by atoms with E-state index in [1.807, 2.05) is 6.08 Å². The molecule has 120 valence electrons. The van der Waals surface area contributed by atoms with Crippen molar-refractivity contribution in [2.45, 2.75) is 71.5 Å². The molecule has 0 bridgehead atoms. The summed E-state index contributed by atoms with van der Waals surface area (Å²) in [6.07, 6.45) is 14.5. The first-order valence-corrected chi connectivity index (χ1v) is 8.35. The van der Waals surface area contributed by atoms with E-state index >= 15 is 0 Å². The van der Waals surface area contributed by atoms with Crippen LogP contribution in [0.4, 0.5) is 0 Å². The van der Waals surface area contributed by atoms with Gasteiger partial charge in [-0.1, -0.05) is 51.2 Å². The van der Waals surface area contributed by atoms with Crippen LogP contribution in [0.25, 0.3) is 0 Å². The molecule has 0 heterocycles. The Kier molecular flexibility index (Phi) is 16.2. The Labute approximate surface area is 131 Å². The highest BCUT2D eigenvalue weighted by Crippen LogP contribution is 2.10. The van der Waals surface area contributed by atoms with E-state index in [1.165, 1.54) is 0 Å². The van der Waals surface area contributed by atoms with Gasteiger partial charge in [0, 0.05) is 13.2 Å². The van der Waals surface area contributed by atoms with E-state index in [9.17, 15) is 0 Å². The largest absolute Gasteiger partial charge is 0.353 e. The van der Waals surface area contributed by atoms with Crippen LogP contribution in [-0.4, -0.2) is 19.5 Å². The zero-order valence-corrected chi connectivity index (χ0v) is 13.9. The van der Waals surface area contributed by atoms with E-state index < -0.39 is 0 Å². The first-order valence-electron chi connectivity index (χ1n) is 8.35. The summed E-state index contributed by atoms with van der Waals surface area (Å²) in [5, 5.41) is 0. The predicted octanol–water partition coefficient (Wildman–Crippen LogP) is 5.25. The molecule has 0 aromatic heterocycles. The van der Waals surface area contributed by atoms with Crippen molar-refractivity contribution in [3.8, 4) is 11.8 Å². The van der Waals surface area contributed by atoms with Crippen LogP contribution in [0.1, 0.15) is 65.2 Å². The van der Waals surface area contributed by atoms with Crippen LogP contribution >= 0.6 is 0 Å². The maximum absolute atomic E-state index is 5.82. The van der Waals surface area contributed by atoms with Crippen molar-refractivity contribution < 1.29 is 9.47 Å². The highest BCUT2D eigenvalue weighted by molar-refractivity contribution is 5.21. The molecule has 0 aliphatic heterocycles. The summed E-state index contributed by atoms with van der Waals surface area (Å²) < 4.78 is 11.6. The maximum atomic E-state index is 5.82. The molecule has 0 aliphatic rings. The highest BCUT2D eigenvalue weighted by Gasteiger charge is 2.08. The lowest BCUT2D eigenvalue weighted by molar-refractivity contribution is -0.147. The van der Waals surface area contributed by atoms with Crippen molar-refractivity contribution in [1.29, 1.82) is 0 Å². The molecular formula is C19H32O2. The Morgan fingerprint density at radius 2 is 1.62 bits per heavy atom. The molecule has 0 aromatic carbocycles. The number of allylic oxidation sites excluding steroid dienone is 3. The lowest BCUT2D eigenvalue weighted by atomic mass is 10.2. The average Bonchev–Trinajstić information content (AvgIpc) is 2.49. The third-order valence-electron chi connectivity index (χ3n) is 3.05. The quantitative estimate of drug-likeness (QED) is 0.262. The summed E-state index contributed by atoms with van der Waals surface area (Å²) in [6.45, 7) is 9.53. The molecule has 0 atom stereocenters. The molecule has 0 aromatic rings. The van der Waals surface area contributed by atoms with Gasteiger partial charge in [-0.25, -0.2) is 0 Å². The molecule has 0 rings (SSSR count). The Morgan fingerprint density at radius 3 is 2.19 bits per heavy atom. The van der Waals surface area contributed by atoms with Gasteiger partial charge in [0.05, 0.1) is 0 Å². The van der Waals surface area contributed by atoms with Gasteiger partial charge in [0.15, 0.2) is 6.29 Å². The van der Waals surface area contributed by atoms with E-state index in [2.05, 4.69) is 38.3 Å². The minimum atomic E-state index is -0.0207. The normalized spacial score (nSPS) is 10.8. The van der Waals surface area contributed by atoms with Crippen LogP contribution in [-0.2, 0) is 9.47 Å². The van der Waals surface area contributed by atoms with Crippen molar-refractivity contribution in [2.24, 2.45) is 0 Å². The number of hydrogen-bond donors (Lipinski definition) is 0. The van der Waals surface area contributed by atoms with Crippen LogP contribution in [0.3, 0.4) is 0 Å². The fraction of sp³-hybridized carbons (Fsp3) is 0.684. The summed E-state index contributed by atoms with van der Waals surface area (Å²) in [7, 11) is 0. The van der Waals surface area contributed by atoms with E-state index in [1.54, 1.807) is 6.08 Å². The smallest absolute Gasteiger partial charge is 0.157 e. The minimum Gasteiger partial charge on any atom is -0.353 e. The van der Waals surface area contributed by atoms with E-state index in [0.717, 1.165) is 64.6 Å². The number of ether oxygens (including phenoxy) is 2. The van der Waals surface area contributed by atoms with Crippen LogP contribution in [0.2, 0.25) is 0 Å². The zero-order chi connectivity index (χ0) is 15.6. The predicted molar refractivity (Wildman–Crippen MR) is 91.1 cm³/mol. The molecule has 0 aliphatic carbocycles. The summed E-state index contributed by atoms with van der Waals surface area (Å²) in [5.74, 6) is 5.71. The van der Waals surface area contributed by atoms with Gasteiger partial charge in [-0.3, -0.25) is 0 Å². The van der Waals surface area contributed by atoms with Gasteiger partial charge in [-0.2, -0.15) is 0 Å². The van der Waals surface area contributed by atoms with Crippen molar-refractivity contribution >= 4 is 0 Å². The average molecular weight is 292 g/mol. The lowest BCUT2D eigenvalue weighted by Gasteiger charge is -2.18. The topological polar surface area (TPSA) is 18.5 Å². The second kappa shape index (κ2) is 17.0. The van der Waals surface area contributed by atoms with Gasteiger partial charge in [-0.15, -0.1) is 0 Å². The Bertz CT molecular complexity index is 299. The second-order valence-corrected chi connectivity index (χ2v) is 5.06. The molecule has 2 heteroatoms. The SMILES string of the molecule is C=CC#C/C=C\CCCCC(OCCCC)OCCCC. The number of unbranched alkanes of at least 4 members (excludes halogenated alkanes) is 4. The maximum Gasteiger partial charge on any atom is 0.157 e. The van der Waals surface area contributed by atoms with Gasteiger partial charge < -0.3 is 9.47 Å². The summed E-state index contributed by atoms with van der Waals surface area (Å²) in [4.78, 5) is 0. The minimum absolute atomic E-state index is 0.0207. The standard InChI is InChI=1S/C19H32O2/c1-4-7-10-11-12-13-14-15-16-19(20-17-8-5-2)21-18-9-6-3/h4,11-12,19H,1,5-6,8-9,13-18H2,2-3H3/b12-11-. The monoisotopic (exact) mass is 292 g/mol. The molecule has 0 saturated heterocycles. The molecule has 0 amide bonds. The first kappa shape index (κ1) is 20.0.